The van der Waals surface area contributed by atoms with Crippen LogP contribution in [0.4, 0.5) is 0 Å². The van der Waals surface area contributed by atoms with Crippen LogP contribution >= 0.6 is 11.6 Å². The minimum absolute atomic E-state index is 0.300. The first-order valence-corrected chi connectivity index (χ1v) is 7.15. The summed E-state index contributed by atoms with van der Waals surface area (Å²) in [5.41, 5.74) is 3.72. The van der Waals surface area contributed by atoms with Crippen LogP contribution in [0.5, 0.6) is 0 Å². The van der Waals surface area contributed by atoms with Gasteiger partial charge in [0.2, 0.25) is 0 Å². The Bertz CT molecular complexity index is 700. The van der Waals surface area contributed by atoms with E-state index in [1.165, 1.54) is 22.0 Å². The monoisotopic (exact) mass is 284 g/mol. The predicted molar refractivity (Wildman–Crippen MR) is 85.0 cm³/mol. The summed E-state index contributed by atoms with van der Waals surface area (Å²) in [7, 11) is 0. The summed E-state index contributed by atoms with van der Waals surface area (Å²) >= 11 is 5.91. The van der Waals surface area contributed by atoms with Crippen molar-refractivity contribution >= 4 is 22.5 Å². The van der Waals surface area contributed by atoms with Crippen molar-refractivity contribution in [3.63, 3.8) is 0 Å². The van der Waals surface area contributed by atoms with Gasteiger partial charge < -0.3 is 10.3 Å². The van der Waals surface area contributed by atoms with Gasteiger partial charge in [0.15, 0.2) is 0 Å². The van der Waals surface area contributed by atoms with Crippen molar-refractivity contribution in [3.05, 3.63) is 70.9 Å². The van der Waals surface area contributed by atoms with E-state index in [9.17, 15) is 0 Å². The van der Waals surface area contributed by atoms with Gasteiger partial charge in [-0.15, -0.1) is 0 Å². The van der Waals surface area contributed by atoms with E-state index in [1.54, 1.807) is 0 Å². The minimum atomic E-state index is 0.300. The molecule has 2 N–H and O–H groups in total. The zero-order chi connectivity index (χ0) is 13.9. The predicted octanol–water partition coefficient (Wildman–Crippen LogP) is 4.67. The molecule has 0 fully saturated rings. The van der Waals surface area contributed by atoms with E-state index >= 15 is 0 Å². The molecule has 20 heavy (non-hydrogen) atoms. The van der Waals surface area contributed by atoms with Crippen LogP contribution < -0.4 is 5.32 Å². The largest absolute Gasteiger partial charge is 0.361 e. The van der Waals surface area contributed by atoms with Crippen LogP contribution in [0, 0.1) is 0 Å². The smallest absolute Gasteiger partial charge is 0.0454 e. The average molecular weight is 285 g/mol. The molecule has 3 heteroatoms. The van der Waals surface area contributed by atoms with Crippen molar-refractivity contribution in [1.82, 2.24) is 10.3 Å². The highest BCUT2D eigenvalue weighted by Crippen LogP contribution is 2.18. The minimum Gasteiger partial charge on any atom is -0.361 e. The fourth-order valence-electron chi connectivity index (χ4n) is 2.35. The number of hydrogen-bond donors (Lipinski definition) is 2. The summed E-state index contributed by atoms with van der Waals surface area (Å²) in [6.45, 7) is 3.02. The topological polar surface area (TPSA) is 27.8 Å². The van der Waals surface area contributed by atoms with Crippen molar-refractivity contribution in [3.8, 4) is 0 Å². The van der Waals surface area contributed by atoms with Gasteiger partial charge in [-0.1, -0.05) is 29.8 Å². The molecule has 0 aliphatic heterocycles. The highest BCUT2D eigenvalue weighted by molar-refractivity contribution is 6.30. The Labute approximate surface area is 123 Å². The molecule has 3 rings (SSSR count). The van der Waals surface area contributed by atoms with Gasteiger partial charge >= 0.3 is 0 Å². The van der Waals surface area contributed by atoms with Gasteiger partial charge in [0.1, 0.15) is 0 Å². The van der Waals surface area contributed by atoms with E-state index in [0.717, 1.165) is 11.6 Å². The molecule has 3 aromatic rings. The average Bonchev–Trinajstić information content (AvgIpc) is 2.93. The Balaban J connectivity index is 1.67. The standard InChI is InChI=1S/C17H17ClN2/c1-12(14-3-5-16(18)6-4-14)20-11-13-2-7-17-15(10-13)8-9-19-17/h2-10,12,19-20H,11H2,1H3/t12-/m0/s1. The second-order valence-electron chi connectivity index (χ2n) is 5.05. The fourth-order valence-corrected chi connectivity index (χ4v) is 2.48. The molecule has 0 saturated carbocycles. The molecule has 0 unspecified atom stereocenters. The molecule has 0 aliphatic carbocycles. The third-order valence-corrected chi connectivity index (χ3v) is 3.85. The van der Waals surface area contributed by atoms with E-state index in [1.807, 2.05) is 18.3 Å². The third kappa shape index (κ3) is 2.87. The lowest BCUT2D eigenvalue weighted by atomic mass is 10.1. The van der Waals surface area contributed by atoms with Gasteiger partial charge in [0.25, 0.3) is 0 Å². The van der Waals surface area contributed by atoms with Crippen LogP contribution in [0.25, 0.3) is 10.9 Å². The lowest BCUT2D eigenvalue weighted by molar-refractivity contribution is 0.575. The lowest BCUT2D eigenvalue weighted by Gasteiger charge is -2.14. The van der Waals surface area contributed by atoms with Gasteiger partial charge in [0, 0.05) is 29.3 Å². The Hall–Kier alpha value is -1.77. The molecule has 1 heterocycles. The van der Waals surface area contributed by atoms with Gasteiger partial charge in [0.05, 0.1) is 0 Å². The van der Waals surface area contributed by atoms with Crippen LogP contribution in [0.15, 0.2) is 54.7 Å². The Morgan fingerprint density at radius 1 is 1.10 bits per heavy atom. The number of rotatable bonds is 4. The highest BCUT2D eigenvalue weighted by Gasteiger charge is 2.05. The summed E-state index contributed by atoms with van der Waals surface area (Å²) in [6, 6.07) is 16.9. The SMILES string of the molecule is C[C@H](NCc1ccc2[nH]ccc2c1)c1ccc(Cl)cc1. The zero-order valence-electron chi connectivity index (χ0n) is 11.4. The molecule has 0 aliphatic rings. The molecule has 0 amide bonds. The van der Waals surface area contributed by atoms with E-state index in [-0.39, 0.29) is 0 Å². The maximum atomic E-state index is 5.91. The van der Waals surface area contributed by atoms with Crippen LogP contribution in [-0.4, -0.2) is 4.98 Å². The normalized spacial score (nSPS) is 12.7. The van der Waals surface area contributed by atoms with Crippen molar-refractivity contribution in [2.24, 2.45) is 0 Å². The number of aromatic amines is 1. The first-order valence-electron chi connectivity index (χ1n) is 6.77. The Morgan fingerprint density at radius 2 is 1.90 bits per heavy atom. The molecule has 2 nitrogen and oxygen atoms in total. The van der Waals surface area contributed by atoms with Gasteiger partial charge in [-0.05, 0) is 53.8 Å². The quantitative estimate of drug-likeness (QED) is 0.716. The van der Waals surface area contributed by atoms with Crippen LogP contribution in [0.2, 0.25) is 5.02 Å². The van der Waals surface area contributed by atoms with E-state index in [2.05, 4.69) is 53.6 Å². The summed E-state index contributed by atoms with van der Waals surface area (Å²) in [6.07, 6.45) is 1.97. The van der Waals surface area contributed by atoms with Crippen LogP contribution in [-0.2, 0) is 6.54 Å². The number of halogens is 1. The van der Waals surface area contributed by atoms with Crippen molar-refractivity contribution in [2.45, 2.75) is 19.5 Å². The molecule has 2 aromatic carbocycles. The fraction of sp³-hybridized carbons (Fsp3) is 0.176. The second-order valence-corrected chi connectivity index (χ2v) is 5.49. The molecular formula is C17H17ClN2. The number of H-pyrrole nitrogens is 1. The number of aromatic nitrogens is 1. The summed E-state index contributed by atoms with van der Waals surface area (Å²) in [5, 5.41) is 5.57. The third-order valence-electron chi connectivity index (χ3n) is 3.60. The van der Waals surface area contributed by atoms with Gasteiger partial charge in [-0.25, -0.2) is 0 Å². The second kappa shape index (κ2) is 5.70. The molecule has 1 aromatic heterocycles. The molecule has 0 saturated heterocycles. The molecule has 1 atom stereocenters. The Kier molecular flexibility index (Phi) is 3.77. The van der Waals surface area contributed by atoms with Gasteiger partial charge in [-0.3, -0.25) is 0 Å². The number of benzene rings is 2. The van der Waals surface area contributed by atoms with E-state index in [0.29, 0.717) is 6.04 Å². The number of hydrogen-bond acceptors (Lipinski definition) is 1. The maximum absolute atomic E-state index is 5.91. The molecular weight excluding hydrogens is 268 g/mol. The molecule has 0 radical (unpaired) electrons. The number of nitrogens with one attached hydrogen (secondary N) is 2. The Morgan fingerprint density at radius 3 is 2.70 bits per heavy atom. The van der Waals surface area contributed by atoms with E-state index < -0.39 is 0 Å². The molecule has 0 bridgehead atoms. The van der Waals surface area contributed by atoms with Crippen LogP contribution in [0.1, 0.15) is 24.1 Å². The molecule has 102 valence electrons. The van der Waals surface area contributed by atoms with E-state index in [4.69, 9.17) is 11.6 Å². The summed E-state index contributed by atoms with van der Waals surface area (Å²) in [4.78, 5) is 3.21. The molecule has 0 spiro atoms. The first-order chi connectivity index (χ1) is 9.72. The van der Waals surface area contributed by atoms with Crippen LogP contribution in [0.3, 0.4) is 0 Å². The zero-order valence-corrected chi connectivity index (χ0v) is 12.1. The van der Waals surface area contributed by atoms with Gasteiger partial charge in [-0.2, -0.15) is 0 Å². The number of fused-ring (bicyclic) bond motifs is 1. The maximum Gasteiger partial charge on any atom is 0.0454 e. The first kappa shape index (κ1) is 13.2. The van der Waals surface area contributed by atoms with Crippen molar-refractivity contribution in [1.29, 1.82) is 0 Å². The van der Waals surface area contributed by atoms with Crippen molar-refractivity contribution in [2.75, 3.05) is 0 Å². The lowest BCUT2D eigenvalue weighted by Crippen LogP contribution is -2.17. The summed E-state index contributed by atoms with van der Waals surface area (Å²) < 4.78 is 0. The summed E-state index contributed by atoms with van der Waals surface area (Å²) in [5.74, 6) is 0. The highest BCUT2D eigenvalue weighted by atomic mass is 35.5. The van der Waals surface area contributed by atoms with Crippen molar-refractivity contribution < 1.29 is 0 Å².